The third kappa shape index (κ3) is 2.87. The second kappa shape index (κ2) is 5.31. The van der Waals surface area contributed by atoms with Gasteiger partial charge in [0, 0.05) is 10.6 Å². The molecular weight excluding hydrogens is 266 g/mol. The Morgan fingerprint density at radius 3 is 2.47 bits per heavy atom. The van der Waals surface area contributed by atoms with Crippen LogP contribution in [-0.2, 0) is 9.59 Å². The number of urea groups is 1. The molecule has 1 aliphatic heterocycles. The van der Waals surface area contributed by atoms with Gasteiger partial charge in [-0.25, -0.2) is 4.79 Å². The number of carbonyl (C=O) groups excluding carboxylic acids is 3. The molecule has 4 amide bonds. The lowest BCUT2D eigenvalue weighted by molar-refractivity contribution is -0.132. The van der Waals surface area contributed by atoms with Gasteiger partial charge in [0.15, 0.2) is 5.92 Å². The van der Waals surface area contributed by atoms with Gasteiger partial charge in [-0.2, -0.15) is 0 Å². The van der Waals surface area contributed by atoms with Crippen LogP contribution in [0.4, 0.5) is 4.79 Å². The summed E-state index contributed by atoms with van der Waals surface area (Å²) >= 11 is 1.56. The van der Waals surface area contributed by atoms with Crippen molar-refractivity contribution < 1.29 is 14.4 Å². The van der Waals surface area contributed by atoms with Crippen LogP contribution in [0, 0.1) is 5.92 Å². The van der Waals surface area contributed by atoms with Crippen LogP contribution in [0.2, 0.25) is 0 Å². The number of hydrogen-bond acceptors (Lipinski definition) is 5. The van der Waals surface area contributed by atoms with E-state index in [0.29, 0.717) is 5.71 Å². The zero-order chi connectivity index (χ0) is 14.0. The number of aliphatic imine (C=N–C) groups is 1. The maximum atomic E-state index is 11.7. The molecule has 2 rings (SSSR count). The predicted octanol–water partition coefficient (Wildman–Crippen LogP) is 1.25. The molecule has 19 heavy (non-hydrogen) atoms. The maximum Gasteiger partial charge on any atom is 0.328 e. The molecule has 0 radical (unpaired) electrons. The third-order valence-corrected chi connectivity index (χ3v) is 3.81. The Bertz CT molecular complexity index is 531. The number of imide groups is 2. The van der Waals surface area contributed by atoms with Gasteiger partial charge < -0.3 is 0 Å². The van der Waals surface area contributed by atoms with E-state index >= 15 is 0 Å². The van der Waals surface area contributed by atoms with E-state index in [1.807, 2.05) is 24.4 Å². The fourth-order valence-corrected chi connectivity index (χ4v) is 2.59. The van der Waals surface area contributed by atoms with Crippen molar-refractivity contribution in [1.82, 2.24) is 10.6 Å². The molecule has 0 spiro atoms. The summed E-state index contributed by atoms with van der Waals surface area (Å²) in [7, 11) is 0. The highest BCUT2D eigenvalue weighted by molar-refractivity contribution is 7.10. The number of barbiturate groups is 1. The zero-order valence-corrected chi connectivity index (χ0v) is 11.3. The topological polar surface area (TPSA) is 87.6 Å². The van der Waals surface area contributed by atoms with E-state index in [9.17, 15) is 14.4 Å². The van der Waals surface area contributed by atoms with Gasteiger partial charge in [0.1, 0.15) is 0 Å². The zero-order valence-electron chi connectivity index (χ0n) is 10.5. The first kappa shape index (κ1) is 13.4. The van der Waals surface area contributed by atoms with E-state index in [4.69, 9.17) is 0 Å². The van der Waals surface area contributed by atoms with Crippen molar-refractivity contribution in [3.63, 3.8) is 0 Å². The fraction of sp³-hybridized carbons (Fsp3) is 0.333. The van der Waals surface area contributed by atoms with Crippen LogP contribution in [0.5, 0.6) is 0 Å². The van der Waals surface area contributed by atoms with E-state index in [1.165, 1.54) is 0 Å². The Morgan fingerprint density at radius 2 is 1.95 bits per heavy atom. The third-order valence-electron chi connectivity index (χ3n) is 2.77. The normalized spacial score (nSPS) is 19.1. The van der Waals surface area contributed by atoms with E-state index in [-0.39, 0.29) is 6.04 Å². The van der Waals surface area contributed by atoms with Crippen LogP contribution in [0.15, 0.2) is 22.5 Å². The van der Waals surface area contributed by atoms with Gasteiger partial charge in [0.2, 0.25) is 11.8 Å². The number of carbonyl (C=O) groups is 3. The molecule has 2 heterocycles. The summed E-state index contributed by atoms with van der Waals surface area (Å²) in [5.41, 5.74) is 0.392. The highest BCUT2D eigenvalue weighted by Gasteiger charge is 2.36. The SMILES string of the molecule is CC(=N[C@@H](C)c1cccs1)C1C(=O)NC(=O)NC1=O. The monoisotopic (exact) mass is 279 g/mol. The molecule has 0 saturated carbocycles. The van der Waals surface area contributed by atoms with Gasteiger partial charge in [0.25, 0.3) is 0 Å². The van der Waals surface area contributed by atoms with Crippen molar-refractivity contribution in [3.8, 4) is 0 Å². The molecule has 1 aliphatic rings. The van der Waals surface area contributed by atoms with Crippen molar-refractivity contribution in [3.05, 3.63) is 22.4 Å². The lowest BCUT2D eigenvalue weighted by atomic mass is 10.0. The van der Waals surface area contributed by atoms with Crippen LogP contribution in [0.1, 0.15) is 24.8 Å². The van der Waals surface area contributed by atoms with E-state index in [1.54, 1.807) is 18.3 Å². The van der Waals surface area contributed by atoms with E-state index in [0.717, 1.165) is 4.88 Å². The van der Waals surface area contributed by atoms with Gasteiger partial charge in [-0.3, -0.25) is 25.2 Å². The molecule has 0 bridgehead atoms. The summed E-state index contributed by atoms with van der Waals surface area (Å²) in [4.78, 5) is 39.7. The van der Waals surface area contributed by atoms with Crippen molar-refractivity contribution >= 4 is 34.9 Å². The van der Waals surface area contributed by atoms with Crippen LogP contribution in [0.3, 0.4) is 0 Å². The molecule has 0 aromatic carbocycles. The highest BCUT2D eigenvalue weighted by atomic mass is 32.1. The summed E-state index contributed by atoms with van der Waals surface area (Å²) in [6, 6.07) is 2.94. The van der Waals surface area contributed by atoms with Crippen molar-refractivity contribution in [2.75, 3.05) is 0 Å². The van der Waals surface area contributed by atoms with Gasteiger partial charge in [-0.05, 0) is 25.3 Å². The van der Waals surface area contributed by atoms with Gasteiger partial charge in [-0.1, -0.05) is 6.07 Å². The van der Waals surface area contributed by atoms with E-state index < -0.39 is 23.8 Å². The average molecular weight is 279 g/mol. The number of hydrogen-bond donors (Lipinski definition) is 2. The van der Waals surface area contributed by atoms with E-state index in [2.05, 4.69) is 15.6 Å². The Kier molecular flexibility index (Phi) is 3.75. The first-order valence-corrected chi connectivity index (χ1v) is 6.60. The molecule has 1 saturated heterocycles. The first-order valence-electron chi connectivity index (χ1n) is 5.72. The molecule has 2 N–H and O–H groups in total. The molecule has 0 aliphatic carbocycles. The molecule has 100 valence electrons. The lowest BCUT2D eigenvalue weighted by Crippen LogP contribution is -2.57. The van der Waals surface area contributed by atoms with Crippen LogP contribution in [-0.4, -0.2) is 23.6 Å². The van der Waals surface area contributed by atoms with Gasteiger partial charge in [0.05, 0.1) is 6.04 Å². The minimum atomic E-state index is -1.04. The van der Waals surface area contributed by atoms with Crippen LogP contribution >= 0.6 is 11.3 Å². The Hall–Kier alpha value is -2.02. The van der Waals surface area contributed by atoms with Crippen molar-refractivity contribution in [1.29, 1.82) is 0 Å². The summed E-state index contributed by atoms with van der Waals surface area (Å²) in [5, 5.41) is 6.06. The molecule has 1 fully saturated rings. The lowest BCUT2D eigenvalue weighted by Gasteiger charge is -2.21. The second-order valence-corrected chi connectivity index (χ2v) is 5.18. The molecule has 0 unspecified atom stereocenters. The summed E-state index contributed by atoms with van der Waals surface area (Å²) in [6.07, 6.45) is 0. The number of nitrogens with zero attached hydrogens (tertiary/aromatic N) is 1. The fourth-order valence-electron chi connectivity index (χ4n) is 1.87. The van der Waals surface area contributed by atoms with Gasteiger partial charge in [-0.15, -0.1) is 11.3 Å². The number of nitrogens with one attached hydrogen (secondary N) is 2. The van der Waals surface area contributed by atoms with Crippen LogP contribution in [0.25, 0.3) is 0 Å². The largest absolute Gasteiger partial charge is 0.328 e. The molecule has 7 heteroatoms. The number of thiophene rings is 1. The molecule has 6 nitrogen and oxygen atoms in total. The van der Waals surface area contributed by atoms with Crippen molar-refractivity contribution in [2.45, 2.75) is 19.9 Å². The molecule has 1 aromatic heterocycles. The van der Waals surface area contributed by atoms with Gasteiger partial charge >= 0.3 is 6.03 Å². The Balaban J connectivity index is 2.18. The quantitative estimate of drug-likeness (QED) is 0.645. The number of amides is 4. The molecular formula is C12H13N3O3S. The average Bonchev–Trinajstić information content (AvgIpc) is 2.80. The standard InChI is InChI=1S/C12H13N3O3S/c1-6(8-4-3-5-19-8)13-7(2)9-10(16)14-12(18)15-11(9)17/h3-6,9H,1-2H3,(H2,14,15,16,17,18)/t6-/m0/s1. The first-order chi connectivity index (χ1) is 8.99. The minimum absolute atomic E-state index is 0.127. The summed E-state index contributed by atoms with van der Waals surface area (Å²) < 4.78 is 0. The maximum absolute atomic E-state index is 11.7. The number of rotatable bonds is 3. The summed E-state index contributed by atoms with van der Waals surface area (Å²) in [6.45, 7) is 3.50. The Labute approximate surface area is 113 Å². The molecule has 1 aromatic rings. The summed E-state index contributed by atoms with van der Waals surface area (Å²) in [5.74, 6) is -2.30. The molecule has 1 atom stereocenters. The minimum Gasteiger partial charge on any atom is -0.284 e. The predicted molar refractivity (Wildman–Crippen MR) is 71.0 cm³/mol. The van der Waals surface area contributed by atoms with Crippen molar-refractivity contribution in [2.24, 2.45) is 10.9 Å². The Morgan fingerprint density at radius 1 is 1.32 bits per heavy atom. The second-order valence-electron chi connectivity index (χ2n) is 4.20. The van der Waals surface area contributed by atoms with Crippen LogP contribution < -0.4 is 10.6 Å². The smallest absolute Gasteiger partial charge is 0.284 e. The highest BCUT2D eigenvalue weighted by Crippen LogP contribution is 2.23.